The minimum absolute atomic E-state index is 0.0855. The fourth-order valence-electron chi connectivity index (χ4n) is 2.37. The van der Waals surface area contributed by atoms with Crippen LogP contribution in [0.25, 0.3) is 11.3 Å². The summed E-state index contributed by atoms with van der Waals surface area (Å²) in [7, 11) is 0. The number of hydrazine groups is 1. The van der Waals surface area contributed by atoms with Gasteiger partial charge in [-0.15, -0.1) is 0 Å². The van der Waals surface area contributed by atoms with E-state index in [4.69, 9.17) is 28.2 Å². The van der Waals surface area contributed by atoms with Gasteiger partial charge in [0.05, 0.1) is 10.6 Å². The van der Waals surface area contributed by atoms with Gasteiger partial charge in [-0.25, -0.2) is 0 Å². The SMILES string of the molecule is O=C(NNC(=S)Nc1ccccc1)c1ccc(-c2ccc(Cl)c(C(F)(F)F)c2)o1. The number of nitrogens with one attached hydrogen (secondary N) is 3. The van der Waals surface area contributed by atoms with Gasteiger partial charge in [0, 0.05) is 11.3 Å². The maximum Gasteiger partial charge on any atom is 0.417 e. The Kier molecular flexibility index (Phi) is 6.09. The van der Waals surface area contributed by atoms with Crippen LogP contribution in [-0.2, 0) is 6.18 Å². The minimum Gasteiger partial charge on any atom is -0.451 e. The Morgan fingerprint density at radius 2 is 1.72 bits per heavy atom. The predicted molar refractivity (Wildman–Crippen MR) is 107 cm³/mol. The first-order valence-electron chi connectivity index (χ1n) is 8.13. The Morgan fingerprint density at radius 1 is 1.00 bits per heavy atom. The van der Waals surface area contributed by atoms with Crippen LogP contribution in [0.3, 0.4) is 0 Å². The monoisotopic (exact) mass is 439 g/mol. The molecule has 3 aromatic rings. The lowest BCUT2D eigenvalue weighted by Gasteiger charge is -2.11. The summed E-state index contributed by atoms with van der Waals surface area (Å²) in [4.78, 5) is 12.2. The number of rotatable bonds is 3. The number of alkyl halides is 3. The molecule has 2 aromatic carbocycles. The van der Waals surface area contributed by atoms with Crippen LogP contribution in [0.2, 0.25) is 5.02 Å². The lowest BCUT2D eigenvalue weighted by molar-refractivity contribution is -0.137. The molecule has 0 atom stereocenters. The van der Waals surface area contributed by atoms with Gasteiger partial charge in [0.1, 0.15) is 5.76 Å². The van der Waals surface area contributed by atoms with Gasteiger partial charge in [0.25, 0.3) is 0 Å². The van der Waals surface area contributed by atoms with Gasteiger partial charge in [-0.2, -0.15) is 13.2 Å². The summed E-state index contributed by atoms with van der Waals surface area (Å²) in [5, 5.41) is 2.58. The molecular weight excluding hydrogens is 427 g/mol. The summed E-state index contributed by atoms with van der Waals surface area (Å²) in [6.45, 7) is 0. The Labute approximate surface area is 173 Å². The molecule has 0 spiro atoms. The number of thiocarbonyl (C=S) groups is 1. The standard InChI is InChI=1S/C19H13ClF3N3O2S/c20-14-7-6-11(10-13(14)19(21,22)23)15-8-9-16(28-15)17(27)25-26-18(29)24-12-4-2-1-3-5-12/h1-10H,(H,25,27)(H2,24,26,29). The number of amides is 1. The van der Waals surface area contributed by atoms with E-state index in [9.17, 15) is 18.0 Å². The second-order valence-corrected chi connectivity index (χ2v) is 6.57. The van der Waals surface area contributed by atoms with Crippen LogP contribution in [-0.4, -0.2) is 11.0 Å². The van der Waals surface area contributed by atoms with E-state index in [0.717, 1.165) is 17.8 Å². The van der Waals surface area contributed by atoms with Crippen molar-refractivity contribution < 1.29 is 22.4 Å². The van der Waals surface area contributed by atoms with Crippen LogP contribution >= 0.6 is 23.8 Å². The molecule has 150 valence electrons. The predicted octanol–water partition coefficient (Wildman–Crippen LogP) is 5.25. The highest BCUT2D eigenvalue weighted by atomic mass is 35.5. The number of hydrogen-bond acceptors (Lipinski definition) is 3. The second-order valence-electron chi connectivity index (χ2n) is 5.76. The molecule has 0 radical (unpaired) electrons. The fourth-order valence-corrected chi connectivity index (χ4v) is 2.76. The molecule has 0 aliphatic heterocycles. The van der Waals surface area contributed by atoms with Gasteiger partial charge < -0.3 is 9.73 Å². The first-order chi connectivity index (χ1) is 13.7. The van der Waals surface area contributed by atoms with Crippen LogP contribution in [0.1, 0.15) is 16.1 Å². The van der Waals surface area contributed by atoms with Crippen molar-refractivity contribution in [1.29, 1.82) is 0 Å². The smallest absolute Gasteiger partial charge is 0.417 e. The summed E-state index contributed by atoms with van der Waals surface area (Å²) in [5.41, 5.74) is 4.72. The van der Waals surface area contributed by atoms with Crippen LogP contribution in [0.5, 0.6) is 0 Å². The highest BCUT2D eigenvalue weighted by Crippen LogP contribution is 2.37. The average Bonchev–Trinajstić information content (AvgIpc) is 3.16. The summed E-state index contributed by atoms with van der Waals surface area (Å²) in [5.74, 6) is -0.681. The number of anilines is 1. The molecule has 5 nitrogen and oxygen atoms in total. The summed E-state index contributed by atoms with van der Waals surface area (Å²) >= 11 is 10.7. The van der Waals surface area contributed by atoms with Gasteiger partial charge in [0.15, 0.2) is 10.9 Å². The molecule has 1 heterocycles. The number of carbonyl (C=O) groups is 1. The molecule has 0 unspecified atom stereocenters. The third kappa shape index (κ3) is 5.27. The molecule has 29 heavy (non-hydrogen) atoms. The maximum atomic E-state index is 13.0. The van der Waals surface area contributed by atoms with Crippen molar-refractivity contribution in [2.75, 3.05) is 5.32 Å². The molecule has 1 amide bonds. The Bertz CT molecular complexity index is 1040. The number of hydrogen-bond donors (Lipinski definition) is 3. The quantitative estimate of drug-likeness (QED) is 0.384. The highest BCUT2D eigenvalue weighted by Gasteiger charge is 2.33. The Morgan fingerprint density at radius 3 is 2.41 bits per heavy atom. The van der Waals surface area contributed by atoms with Gasteiger partial charge in [-0.1, -0.05) is 29.8 Å². The van der Waals surface area contributed by atoms with Crippen molar-refractivity contribution in [3.8, 4) is 11.3 Å². The first-order valence-corrected chi connectivity index (χ1v) is 8.92. The van der Waals surface area contributed by atoms with E-state index < -0.39 is 22.7 Å². The van der Waals surface area contributed by atoms with E-state index in [-0.39, 0.29) is 22.2 Å². The molecule has 10 heteroatoms. The fraction of sp³-hybridized carbons (Fsp3) is 0.0526. The molecular formula is C19H13ClF3N3O2S. The maximum absolute atomic E-state index is 13.0. The molecule has 0 aliphatic rings. The minimum atomic E-state index is -4.61. The molecule has 0 aliphatic carbocycles. The summed E-state index contributed by atoms with van der Waals surface area (Å²) in [6.07, 6.45) is -4.61. The van der Waals surface area contributed by atoms with Crippen LogP contribution in [0.4, 0.5) is 18.9 Å². The highest BCUT2D eigenvalue weighted by molar-refractivity contribution is 7.80. The van der Waals surface area contributed by atoms with E-state index in [1.165, 1.54) is 18.2 Å². The zero-order chi connectivity index (χ0) is 21.0. The lowest BCUT2D eigenvalue weighted by atomic mass is 10.1. The van der Waals surface area contributed by atoms with Crippen LogP contribution < -0.4 is 16.2 Å². The van der Waals surface area contributed by atoms with Crippen molar-refractivity contribution in [1.82, 2.24) is 10.9 Å². The first kappa shape index (κ1) is 20.7. The van der Waals surface area contributed by atoms with Crippen molar-refractivity contribution >= 4 is 40.5 Å². The number of halogens is 4. The van der Waals surface area contributed by atoms with E-state index in [1.54, 1.807) is 12.1 Å². The molecule has 3 N–H and O–H groups in total. The van der Waals surface area contributed by atoms with E-state index in [1.807, 2.05) is 18.2 Å². The number of carbonyl (C=O) groups excluding carboxylic acids is 1. The Hall–Kier alpha value is -3.04. The zero-order valence-corrected chi connectivity index (χ0v) is 16.1. The van der Waals surface area contributed by atoms with Gasteiger partial charge in [-0.05, 0) is 54.7 Å². The lowest BCUT2D eigenvalue weighted by Crippen LogP contribution is -2.43. The van der Waals surface area contributed by atoms with Gasteiger partial charge >= 0.3 is 12.1 Å². The van der Waals surface area contributed by atoms with E-state index in [2.05, 4.69) is 16.2 Å². The molecule has 0 saturated carbocycles. The topological polar surface area (TPSA) is 66.3 Å². The molecule has 3 rings (SSSR count). The second kappa shape index (κ2) is 8.54. The normalized spacial score (nSPS) is 11.0. The molecule has 0 fully saturated rings. The van der Waals surface area contributed by atoms with Crippen molar-refractivity contribution in [3.63, 3.8) is 0 Å². The summed E-state index contributed by atoms with van der Waals surface area (Å²) < 4.78 is 44.4. The summed E-state index contributed by atoms with van der Waals surface area (Å²) in [6, 6.07) is 15.1. The van der Waals surface area contributed by atoms with Crippen molar-refractivity contribution in [2.45, 2.75) is 6.18 Å². The molecule has 0 saturated heterocycles. The van der Waals surface area contributed by atoms with Gasteiger partial charge in [-0.3, -0.25) is 15.6 Å². The van der Waals surface area contributed by atoms with Crippen LogP contribution in [0.15, 0.2) is 65.1 Å². The van der Waals surface area contributed by atoms with E-state index >= 15 is 0 Å². The van der Waals surface area contributed by atoms with Gasteiger partial charge in [0.2, 0.25) is 0 Å². The van der Waals surface area contributed by atoms with Crippen molar-refractivity contribution in [3.05, 3.63) is 77.0 Å². The average molecular weight is 440 g/mol. The zero-order valence-electron chi connectivity index (χ0n) is 14.5. The largest absolute Gasteiger partial charge is 0.451 e. The third-order valence-electron chi connectivity index (χ3n) is 3.71. The Balaban J connectivity index is 1.65. The van der Waals surface area contributed by atoms with E-state index in [0.29, 0.717) is 0 Å². The number of benzene rings is 2. The third-order valence-corrected chi connectivity index (χ3v) is 4.24. The number of furan rings is 1. The van der Waals surface area contributed by atoms with Crippen molar-refractivity contribution in [2.24, 2.45) is 0 Å². The van der Waals surface area contributed by atoms with Crippen LogP contribution in [0, 0.1) is 0 Å². The molecule has 0 bridgehead atoms. The molecule has 1 aromatic heterocycles. The number of para-hydroxylation sites is 1.